The van der Waals surface area contributed by atoms with E-state index < -0.39 is 0 Å². The van der Waals surface area contributed by atoms with E-state index in [9.17, 15) is 4.79 Å². The minimum atomic E-state index is -0.000935. The van der Waals surface area contributed by atoms with Crippen LogP contribution in [0.1, 0.15) is 40.0 Å². The lowest BCUT2D eigenvalue weighted by Crippen LogP contribution is -2.39. The second kappa shape index (κ2) is 5.20. The molecule has 0 aromatic heterocycles. The first-order valence-electron chi connectivity index (χ1n) is 5.80. The molecule has 0 heterocycles. The molecule has 0 aliphatic heterocycles. The van der Waals surface area contributed by atoms with Crippen LogP contribution in [-0.2, 0) is 4.79 Å². The quantitative estimate of drug-likeness (QED) is 0.741. The molecule has 0 bridgehead atoms. The average molecular weight is 232 g/mol. The maximum Gasteiger partial charge on any atom is 0.223 e. The molecule has 2 unspecified atom stereocenters. The number of hydrogen-bond donors (Lipinski definition) is 1. The molecule has 2 atom stereocenters. The van der Waals surface area contributed by atoms with Gasteiger partial charge in [0.05, 0.1) is 0 Å². The van der Waals surface area contributed by atoms with E-state index in [4.69, 9.17) is 11.6 Å². The molecule has 2 nitrogen and oxygen atoms in total. The van der Waals surface area contributed by atoms with Crippen molar-refractivity contribution < 1.29 is 4.79 Å². The van der Waals surface area contributed by atoms with Crippen molar-refractivity contribution >= 4 is 17.5 Å². The van der Waals surface area contributed by atoms with E-state index in [1.54, 1.807) is 0 Å². The Morgan fingerprint density at radius 3 is 2.60 bits per heavy atom. The first-order valence-corrected chi connectivity index (χ1v) is 6.33. The molecule has 0 saturated heterocycles. The number of carbonyl (C=O) groups is 1. The van der Waals surface area contributed by atoms with E-state index in [1.165, 1.54) is 12.8 Å². The van der Waals surface area contributed by atoms with E-state index >= 15 is 0 Å². The summed E-state index contributed by atoms with van der Waals surface area (Å²) in [5, 5.41) is 3.02. The Labute approximate surface area is 97.8 Å². The summed E-state index contributed by atoms with van der Waals surface area (Å²) in [5.74, 6) is 1.58. The van der Waals surface area contributed by atoms with Crippen molar-refractivity contribution in [3.8, 4) is 0 Å². The Kier molecular flexibility index (Phi) is 4.45. The van der Waals surface area contributed by atoms with Gasteiger partial charge >= 0.3 is 0 Å². The van der Waals surface area contributed by atoms with Crippen LogP contribution in [0.4, 0.5) is 0 Å². The molecule has 1 N–H and O–H groups in total. The van der Waals surface area contributed by atoms with Crippen molar-refractivity contribution in [2.24, 2.45) is 17.3 Å². The van der Waals surface area contributed by atoms with Gasteiger partial charge in [0, 0.05) is 18.3 Å². The molecule has 1 amide bonds. The molecule has 1 aliphatic rings. The average Bonchev–Trinajstić information content (AvgIpc) is 2.61. The Balaban J connectivity index is 2.36. The van der Waals surface area contributed by atoms with Gasteiger partial charge in [0.2, 0.25) is 5.91 Å². The highest BCUT2D eigenvalue weighted by Gasteiger charge is 2.30. The van der Waals surface area contributed by atoms with Gasteiger partial charge in [-0.1, -0.05) is 27.2 Å². The fourth-order valence-electron chi connectivity index (χ4n) is 2.04. The first kappa shape index (κ1) is 12.8. The van der Waals surface area contributed by atoms with Crippen LogP contribution < -0.4 is 5.32 Å². The lowest BCUT2D eigenvalue weighted by atomic mass is 9.94. The number of alkyl halides is 1. The van der Waals surface area contributed by atoms with Crippen LogP contribution in [0.5, 0.6) is 0 Å². The summed E-state index contributed by atoms with van der Waals surface area (Å²) in [6.45, 7) is 6.99. The number of rotatable bonds is 4. The highest BCUT2D eigenvalue weighted by atomic mass is 35.5. The van der Waals surface area contributed by atoms with E-state index in [0.717, 1.165) is 6.42 Å². The Morgan fingerprint density at radius 2 is 2.13 bits per heavy atom. The van der Waals surface area contributed by atoms with Crippen molar-refractivity contribution in [3.05, 3.63) is 0 Å². The molecule has 0 radical (unpaired) electrons. The van der Waals surface area contributed by atoms with E-state index in [-0.39, 0.29) is 17.2 Å². The zero-order chi connectivity index (χ0) is 11.5. The van der Waals surface area contributed by atoms with Crippen LogP contribution in [0, 0.1) is 17.3 Å². The summed E-state index contributed by atoms with van der Waals surface area (Å²) in [5.41, 5.74) is -0.000935. The van der Waals surface area contributed by atoms with Crippen LogP contribution in [0.25, 0.3) is 0 Å². The maximum atomic E-state index is 11.9. The zero-order valence-electron chi connectivity index (χ0n) is 9.98. The van der Waals surface area contributed by atoms with Crippen molar-refractivity contribution in [1.29, 1.82) is 0 Å². The molecule has 0 spiro atoms. The normalized spacial score (nSPS) is 26.7. The van der Waals surface area contributed by atoms with Crippen molar-refractivity contribution in [2.45, 2.75) is 40.0 Å². The molecule has 3 heteroatoms. The number of carbonyl (C=O) groups excluding carboxylic acids is 1. The van der Waals surface area contributed by atoms with Crippen LogP contribution >= 0.6 is 11.6 Å². The second-order valence-corrected chi connectivity index (χ2v) is 5.80. The maximum absolute atomic E-state index is 11.9. The van der Waals surface area contributed by atoms with Crippen LogP contribution in [0.2, 0.25) is 0 Å². The summed E-state index contributed by atoms with van der Waals surface area (Å²) >= 11 is 5.81. The lowest BCUT2D eigenvalue weighted by molar-refractivity contribution is -0.126. The van der Waals surface area contributed by atoms with Crippen molar-refractivity contribution in [2.75, 3.05) is 12.4 Å². The molecule has 1 saturated carbocycles. The minimum absolute atomic E-state index is 0.000935. The van der Waals surface area contributed by atoms with Gasteiger partial charge in [0.1, 0.15) is 0 Å². The van der Waals surface area contributed by atoms with E-state index in [2.05, 4.69) is 26.1 Å². The van der Waals surface area contributed by atoms with Crippen LogP contribution in [-0.4, -0.2) is 18.3 Å². The monoisotopic (exact) mass is 231 g/mol. The predicted molar refractivity (Wildman–Crippen MR) is 64.0 cm³/mol. The molecule has 88 valence electrons. The number of nitrogens with one attached hydrogen (secondary N) is 1. The molecular formula is C12H22ClNO. The van der Waals surface area contributed by atoms with Gasteiger partial charge in [0.15, 0.2) is 0 Å². The van der Waals surface area contributed by atoms with Gasteiger partial charge in [-0.25, -0.2) is 0 Å². The van der Waals surface area contributed by atoms with Gasteiger partial charge in [-0.05, 0) is 24.2 Å². The molecule has 1 rings (SSSR count). The largest absolute Gasteiger partial charge is 0.355 e. The third-order valence-electron chi connectivity index (χ3n) is 3.30. The molecular weight excluding hydrogens is 210 g/mol. The first-order chi connectivity index (χ1) is 6.96. The Hall–Kier alpha value is -0.240. The van der Waals surface area contributed by atoms with Gasteiger partial charge in [-0.3, -0.25) is 4.79 Å². The number of halogens is 1. The molecule has 1 fully saturated rings. The Bertz CT molecular complexity index is 228. The Morgan fingerprint density at radius 1 is 1.47 bits per heavy atom. The minimum Gasteiger partial charge on any atom is -0.355 e. The van der Waals surface area contributed by atoms with Crippen LogP contribution in [0.15, 0.2) is 0 Å². The van der Waals surface area contributed by atoms with E-state index in [1.807, 2.05) is 0 Å². The highest BCUT2D eigenvalue weighted by Crippen LogP contribution is 2.31. The number of hydrogen-bond acceptors (Lipinski definition) is 1. The number of amides is 1. The second-order valence-electron chi connectivity index (χ2n) is 5.53. The van der Waals surface area contributed by atoms with Crippen molar-refractivity contribution in [1.82, 2.24) is 5.32 Å². The third kappa shape index (κ3) is 3.67. The van der Waals surface area contributed by atoms with Crippen LogP contribution in [0.3, 0.4) is 0 Å². The third-order valence-corrected chi connectivity index (χ3v) is 4.02. The predicted octanol–water partition coefficient (Wildman–Crippen LogP) is 2.80. The molecule has 15 heavy (non-hydrogen) atoms. The molecule has 0 aromatic rings. The zero-order valence-corrected chi connectivity index (χ0v) is 10.7. The van der Waals surface area contributed by atoms with Gasteiger partial charge < -0.3 is 5.32 Å². The topological polar surface area (TPSA) is 29.1 Å². The summed E-state index contributed by atoms with van der Waals surface area (Å²) in [6.07, 6.45) is 3.43. The summed E-state index contributed by atoms with van der Waals surface area (Å²) in [6, 6.07) is 0. The van der Waals surface area contributed by atoms with Gasteiger partial charge in [-0.15, -0.1) is 11.6 Å². The standard InChI is InChI=1S/C12H22ClNO/c1-9-5-4-6-10(9)11(15)14-8-12(2,3)7-13/h9-10H,4-8H2,1-3H3,(H,14,15). The smallest absolute Gasteiger partial charge is 0.223 e. The molecule has 1 aliphatic carbocycles. The van der Waals surface area contributed by atoms with Gasteiger partial charge in [0.25, 0.3) is 0 Å². The van der Waals surface area contributed by atoms with E-state index in [0.29, 0.717) is 18.3 Å². The van der Waals surface area contributed by atoms with Gasteiger partial charge in [-0.2, -0.15) is 0 Å². The summed E-state index contributed by atoms with van der Waals surface area (Å²) in [4.78, 5) is 11.9. The lowest BCUT2D eigenvalue weighted by Gasteiger charge is -2.23. The highest BCUT2D eigenvalue weighted by molar-refractivity contribution is 6.18. The molecule has 0 aromatic carbocycles. The summed E-state index contributed by atoms with van der Waals surface area (Å²) in [7, 11) is 0. The fraction of sp³-hybridized carbons (Fsp3) is 0.917. The SMILES string of the molecule is CC1CCCC1C(=O)NCC(C)(C)CCl. The van der Waals surface area contributed by atoms with Crippen molar-refractivity contribution in [3.63, 3.8) is 0 Å². The summed E-state index contributed by atoms with van der Waals surface area (Å²) < 4.78 is 0. The fourth-order valence-corrected chi connectivity index (χ4v) is 2.13.